The van der Waals surface area contributed by atoms with E-state index in [0.29, 0.717) is 23.0 Å². The van der Waals surface area contributed by atoms with Crippen LogP contribution in [-0.4, -0.2) is 17.1 Å². The Kier molecular flexibility index (Phi) is 2.94. The molecular weight excluding hydrogens is 256 g/mol. The van der Waals surface area contributed by atoms with Gasteiger partial charge >= 0.3 is 0 Å². The monoisotopic (exact) mass is 272 g/mol. The number of benzene rings is 1. The molecule has 1 aliphatic heterocycles. The van der Waals surface area contributed by atoms with Crippen molar-refractivity contribution in [2.75, 3.05) is 12.5 Å². The number of fused-ring (bicyclic) bond motifs is 1. The molecule has 0 fully saturated rings. The van der Waals surface area contributed by atoms with Crippen molar-refractivity contribution in [1.82, 2.24) is 15.4 Å². The van der Waals surface area contributed by atoms with Crippen LogP contribution < -0.4 is 21.1 Å². The molecule has 0 bridgehead atoms. The molecule has 6 heteroatoms. The largest absolute Gasteiger partial charge is 0.496 e. The molecule has 2 aromatic rings. The molecule has 0 saturated heterocycles. The Hall–Kier alpha value is -2.34. The summed E-state index contributed by atoms with van der Waals surface area (Å²) in [7, 11) is 1.60. The standard InChI is InChI=1S/C14H16N4O2/c1-7-4-5-10(20-3)9(6-7)13-15-11-8(2)17-18-12(11)14(19)16-13/h4-6,8,17-18H,1-3H3,(H,15,16,19). The van der Waals surface area contributed by atoms with E-state index < -0.39 is 0 Å². The first-order valence-corrected chi connectivity index (χ1v) is 6.41. The van der Waals surface area contributed by atoms with Crippen LogP contribution >= 0.6 is 0 Å². The van der Waals surface area contributed by atoms with Crippen LogP contribution in [0, 0.1) is 6.92 Å². The van der Waals surface area contributed by atoms with Crippen LogP contribution in [0.15, 0.2) is 23.0 Å². The van der Waals surface area contributed by atoms with Crippen molar-refractivity contribution >= 4 is 5.69 Å². The zero-order valence-corrected chi connectivity index (χ0v) is 11.6. The fraction of sp³-hybridized carbons (Fsp3) is 0.286. The van der Waals surface area contributed by atoms with Gasteiger partial charge < -0.3 is 15.1 Å². The summed E-state index contributed by atoms with van der Waals surface area (Å²) in [6.07, 6.45) is 0. The van der Waals surface area contributed by atoms with Crippen molar-refractivity contribution in [2.24, 2.45) is 0 Å². The number of nitrogens with zero attached hydrogens (tertiary/aromatic N) is 1. The van der Waals surface area contributed by atoms with Gasteiger partial charge in [-0.2, -0.15) is 0 Å². The third-order valence-corrected chi connectivity index (χ3v) is 3.38. The number of aryl methyl sites for hydroxylation is 1. The maximum absolute atomic E-state index is 12.1. The second-order valence-corrected chi connectivity index (χ2v) is 4.87. The number of nitrogens with one attached hydrogen (secondary N) is 3. The van der Waals surface area contributed by atoms with E-state index in [2.05, 4.69) is 20.8 Å². The van der Waals surface area contributed by atoms with Crippen LogP contribution in [0.1, 0.15) is 24.2 Å². The van der Waals surface area contributed by atoms with E-state index in [1.54, 1.807) is 7.11 Å². The predicted octanol–water partition coefficient (Wildman–Crippen LogP) is 1.75. The Bertz CT molecular complexity index is 724. The minimum absolute atomic E-state index is 0.0122. The Morgan fingerprint density at radius 1 is 1.35 bits per heavy atom. The number of hydrazine groups is 1. The van der Waals surface area contributed by atoms with Crippen LogP contribution in [0.4, 0.5) is 5.69 Å². The molecule has 1 aliphatic rings. The highest BCUT2D eigenvalue weighted by Gasteiger charge is 2.24. The van der Waals surface area contributed by atoms with E-state index in [1.165, 1.54) is 0 Å². The van der Waals surface area contributed by atoms with Gasteiger partial charge in [-0.3, -0.25) is 4.79 Å². The Morgan fingerprint density at radius 3 is 2.90 bits per heavy atom. The van der Waals surface area contributed by atoms with Crippen LogP contribution in [0.2, 0.25) is 0 Å². The van der Waals surface area contributed by atoms with Gasteiger partial charge in [0.25, 0.3) is 5.56 Å². The minimum Gasteiger partial charge on any atom is -0.496 e. The number of ether oxygens (including phenoxy) is 1. The summed E-state index contributed by atoms with van der Waals surface area (Å²) in [5.74, 6) is 1.21. The second-order valence-electron chi connectivity index (χ2n) is 4.87. The van der Waals surface area contributed by atoms with Crippen molar-refractivity contribution in [3.8, 4) is 17.1 Å². The van der Waals surface area contributed by atoms with Crippen LogP contribution in [0.3, 0.4) is 0 Å². The number of hydrogen-bond acceptors (Lipinski definition) is 5. The smallest absolute Gasteiger partial charge is 0.276 e. The third kappa shape index (κ3) is 1.94. The molecule has 1 aromatic heterocycles. The average Bonchev–Trinajstić information content (AvgIpc) is 2.81. The summed E-state index contributed by atoms with van der Waals surface area (Å²) >= 11 is 0. The molecule has 0 saturated carbocycles. The molecule has 20 heavy (non-hydrogen) atoms. The van der Waals surface area contributed by atoms with Crippen molar-refractivity contribution in [3.05, 3.63) is 39.8 Å². The van der Waals surface area contributed by atoms with Gasteiger partial charge in [0.05, 0.1) is 24.4 Å². The van der Waals surface area contributed by atoms with Gasteiger partial charge in [0, 0.05) is 0 Å². The number of anilines is 1. The molecule has 3 rings (SSSR count). The van der Waals surface area contributed by atoms with E-state index in [1.807, 2.05) is 32.0 Å². The van der Waals surface area contributed by atoms with Crippen molar-refractivity contribution < 1.29 is 4.74 Å². The molecule has 1 aromatic carbocycles. The first-order valence-electron chi connectivity index (χ1n) is 6.41. The SMILES string of the molecule is COc1ccc(C)cc1-c1nc2c(c(=O)[nH]1)NNC2C. The fourth-order valence-electron chi connectivity index (χ4n) is 2.31. The summed E-state index contributed by atoms with van der Waals surface area (Å²) in [4.78, 5) is 19.4. The van der Waals surface area contributed by atoms with Gasteiger partial charge in [-0.25, -0.2) is 10.4 Å². The lowest BCUT2D eigenvalue weighted by Crippen LogP contribution is -2.18. The van der Waals surface area contributed by atoms with Gasteiger partial charge in [0.1, 0.15) is 17.3 Å². The van der Waals surface area contributed by atoms with Gasteiger partial charge in [0.2, 0.25) is 0 Å². The number of aromatic amines is 1. The minimum atomic E-state index is -0.189. The van der Waals surface area contributed by atoms with E-state index in [9.17, 15) is 4.79 Å². The summed E-state index contributed by atoms with van der Waals surface area (Å²) in [6.45, 7) is 3.93. The fourth-order valence-corrected chi connectivity index (χ4v) is 2.31. The molecule has 1 atom stereocenters. The van der Waals surface area contributed by atoms with E-state index in [-0.39, 0.29) is 11.6 Å². The molecule has 0 amide bonds. The second kappa shape index (κ2) is 4.64. The normalized spacial score (nSPS) is 16.6. The zero-order valence-electron chi connectivity index (χ0n) is 11.6. The number of rotatable bonds is 2. The third-order valence-electron chi connectivity index (χ3n) is 3.38. The van der Waals surface area contributed by atoms with Crippen molar-refractivity contribution in [2.45, 2.75) is 19.9 Å². The molecule has 104 valence electrons. The molecule has 0 spiro atoms. The molecular formula is C14H16N4O2. The van der Waals surface area contributed by atoms with Gasteiger partial charge in [-0.15, -0.1) is 0 Å². The maximum Gasteiger partial charge on any atom is 0.276 e. The van der Waals surface area contributed by atoms with E-state index in [4.69, 9.17) is 4.74 Å². The Labute approximate surface area is 116 Å². The summed E-state index contributed by atoms with van der Waals surface area (Å²) in [5, 5.41) is 0. The van der Waals surface area contributed by atoms with Crippen LogP contribution in [0.25, 0.3) is 11.4 Å². The highest BCUT2D eigenvalue weighted by molar-refractivity contribution is 5.67. The molecule has 0 aliphatic carbocycles. The Morgan fingerprint density at radius 2 is 2.15 bits per heavy atom. The molecule has 3 N–H and O–H groups in total. The highest BCUT2D eigenvalue weighted by atomic mass is 16.5. The number of methoxy groups -OCH3 is 1. The van der Waals surface area contributed by atoms with Crippen LogP contribution in [0.5, 0.6) is 5.75 Å². The zero-order chi connectivity index (χ0) is 14.3. The van der Waals surface area contributed by atoms with Crippen LogP contribution in [-0.2, 0) is 0 Å². The molecule has 0 radical (unpaired) electrons. The topological polar surface area (TPSA) is 79.0 Å². The summed E-state index contributed by atoms with van der Waals surface area (Å²) in [6, 6.07) is 5.77. The van der Waals surface area contributed by atoms with Crippen molar-refractivity contribution in [1.29, 1.82) is 0 Å². The number of H-pyrrole nitrogens is 1. The maximum atomic E-state index is 12.1. The van der Waals surface area contributed by atoms with Gasteiger partial charge in [-0.05, 0) is 26.0 Å². The van der Waals surface area contributed by atoms with Crippen molar-refractivity contribution in [3.63, 3.8) is 0 Å². The molecule has 1 unspecified atom stereocenters. The lowest BCUT2D eigenvalue weighted by atomic mass is 10.1. The number of aromatic nitrogens is 2. The predicted molar refractivity (Wildman–Crippen MR) is 76.8 cm³/mol. The lowest BCUT2D eigenvalue weighted by molar-refractivity contribution is 0.416. The molecule has 2 heterocycles. The summed E-state index contributed by atoms with van der Waals surface area (Å²) < 4.78 is 5.35. The Balaban J connectivity index is 2.21. The first kappa shape index (κ1) is 12.7. The molecule has 6 nitrogen and oxygen atoms in total. The van der Waals surface area contributed by atoms with Gasteiger partial charge in [0.15, 0.2) is 0 Å². The highest BCUT2D eigenvalue weighted by Crippen LogP contribution is 2.30. The average molecular weight is 272 g/mol. The quantitative estimate of drug-likeness (QED) is 0.776. The number of hydrogen-bond donors (Lipinski definition) is 3. The van der Waals surface area contributed by atoms with E-state index in [0.717, 1.165) is 11.1 Å². The van der Waals surface area contributed by atoms with Gasteiger partial charge in [-0.1, -0.05) is 11.6 Å². The summed E-state index contributed by atoms with van der Waals surface area (Å²) in [5.41, 5.74) is 8.70. The first-order chi connectivity index (χ1) is 9.60. The lowest BCUT2D eigenvalue weighted by Gasteiger charge is -2.10. The van der Waals surface area contributed by atoms with E-state index >= 15 is 0 Å².